The van der Waals surface area contributed by atoms with Gasteiger partial charge in [-0.25, -0.2) is 0 Å². The molecule has 2 bridgehead atoms. The molecule has 2 aliphatic rings. The molecule has 3 rings (SSSR count). The number of fused-ring (bicyclic) bond motifs is 2. The fourth-order valence-electron chi connectivity index (χ4n) is 3.18. The second kappa shape index (κ2) is 4.62. The number of anilines is 1. The summed E-state index contributed by atoms with van der Waals surface area (Å²) >= 11 is 3.51. The molecule has 2 nitrogen and oxygen atoms in total. The van der Waals surface area contributed by atoms with Crippen molar-refractivity contribution in [2.75, 3.05) is 5.32 Å². The first-order chi connectivity index (χ1) is 8.20. The average Bonchev–Trinajstić information content (AvgIpc) is 2.62. The number of aryl methyl sites for hydroxylation is 1. The summed E-state index contributed by atoms with van der Waals surface area (Å²) in [6.07, 6.45) is 5.27. The van der Waals surface area contributed by atoms with Crippen LogP contribution in [0.2, 0.25) is 0 Å². The molecule has 2 saturated heterocycles. The van der Waals surface area contributed by atoms with Crippen LogP contribution in [0.4, 0.5) is 5.69 Å². The van der Waals surface area contributed by atoms with Crippen molar-refractivity contribution in [2.24, 2.45) is 0 Å². The largest absolute Gasteiger partial charge is 0.382 e. The Morgan fingerprint density at radius 3 is 2.59 bits per heavy atom. The number of hydrogen-bond acceptors (Lipinski definition) is 2. The van der Waals surface area contributed by atoms with E-state index in [-0.39, 0.29) is 0 Å². The Morgan fingerprint density at radius 1 is 1.24 bits per heavy atom. The third kappa shape index (κ3) is 2.50. The SMILES string of the molecule is Cc1cc(Br)ccc1NC1CC2CCC(C1)N2. The van der Waals surface area contributed by atoms with Gasteiger partial charge in [-0.05, 0) is 56.4 Å². The number of nitrogens with one attached hydrogen (secondary N) is 2. The molecule has 0 spiro atoms. The highest BCUT2D eigenvalue weighted by molar-refractivity contribution is 9.10. The predicted octanol–water partition coefficient (Wildman–Crippen LogP) is 3.45. The van der Waals surface area contributed by atoms with Crippen molar-refractivity contribution in [1.82, 2.24) is 5.32 Å². The van der Waals surface area contributed by atoms with E-state index in [9.17, 15) is 0 Å². The lowest BCUT2D eigenvalue weighted by Crippen LogP contribution is -2.43. The molecule has 2 aliphatic heterocycles. The Balaban J connectivity index is 1.70. The van der Waals surface area contributed by atoms with Gasteiger partial charge in [0.05, 0.1) is 0 Å². The van der Waals surface area contributed by atoms with Gasteiger partial charge in [-0.1, -0.05) is 15.9 Å². The Hall–Kier alpha value is -0.540. The number of rotatable bonds is 2. The molecular formula is C14H19BrN2. The van der Waals surface area contributed by atoms with Crippen molar-refractivity contribution in [3.05, 3.63) is 28.2 Å². The van der Waals surface area contributed by atoms with Crippen LogP contribution in [0.25, 0.3) is 0 Å². The Labute approximate surface area is 111 Å². The van der Waals surface area contributed by atoms with E-state index in [0.717, 1.165) is 16.6 Å². The van der Waals surface area contributed by atoms with Gasteiger partial charge in [0.15, 0.2) is 0 Å². The normalized spacial score (nSPS) is 31.5. The maximum absolute atomic E-state index is 3.72. The van der Waals surface area contributed by atoms with Crippen molar-refractivity contribution in [2.45, 2.75) is 50.7 Å². The van der Waals surface area contributed by atoms with Gasteiger partial charge in [-0.3, -0.25) is 0 Å². The fourth-order valence-corrected chi connectivity index (χ4v) is 3.66. The van der Waals surface area contributed by atoms with Gasteiger partial charge in [0.1, 0.15) is 0 Å². The van der Waals surface area contributed by atoms with Gasteiger partial charge in [-0.2, -0.15) is 0 Å². The third-order valence-electron chi connectivity index (χ3n) is 4.02. The first-order valence-corrected chi connectivity index (χ1v) is 7.29. The van der Waals surface area contributed by atoms with Crippen LogP contribution in [0, 0.1) is 6.92 Å². The van der Waals surface area contributed by atoms with Crippen LogP contribution >= 0.6 is 15.9 Å². The average molecular weight is 295 g/mol. The Morgan fingerprint density at radius 2 is 1.94 bits per heavy atom. The Kier molecular flexibility index (Phi) is 3.14. The van der Waals surface area contributed by atoms with E-state index in [1.54, 1.807) is 0 Å². The zero-order valence-electron chi connectivity index (χ0n) is 10.2. The molecule has 2 N–H and O–H groups in total. The van der Waals surface area contributed by atoms with Crippen LogP contribution in [0.3, 0.4) is 0 Å². The molecule has 0 saturated carbocycles. The minimum atomic E-state index is 0.647. The standard InChI is InChI=1S/C14H19BrN2/c1-9-6-10(15)2-5-14(9)17-13-7-11-3-4-12(8-13)16-11/h2,5-6,11-13,16-17H,3-4,7-8H2,1H3. The third-order valence-corrected chi connectivity index (χ3v) is 4.51. The maximum Gasteiger partial charge on any atom is 0.0372 e. The van der Waals surface area contributed by atoms with E-state index in [1.165, 1.54) is 36.9 Å². The minimum Gasteiger partial charge on any atom is -0.382 e. The van der Waals surface area contributed by atoms with Gasteiger partial charge in [0.25, 0.3) is 0 Å². The fraction of sp³-hybridized carbons (Fsp3) is 0.571. The number of piperidine rings is 1. The first-order valence-electron chi connectivity index (χ1n) is 6.49. The maximum atomic E-state index is 3.72. The van der Waals surface area contributed by atoms with Crippen molar-refractivity contribution in [3.63, 3.8) is 0 Å². The van der Waals surface area contributed by atoms with Gasteiger partial charge in [-0.15, -0.1) is 0 Å². The summed E-state index contributed by atoms with van der Waals surface area (Å²) in [5.41, 5.74) is 2.62. The molecule has 2 unspecified atom stereocenters. The van der Waals surface area contributed by atoms with E-state index >= 15 is 0 Å². The predicted molar refractivity (Wildman–Crippen MR) is 75.5 cm³/mol. The Bertz CT molecular complexity index is 407. The minimum absolute atomic E-state index is 0.647. The van der Waals surface area contributed by atoms with Crippen LogP contribution in [0.1, 0.15) is 31.2 Å². The van der Waals surface area contributed by atoms with Crippen LogP contribution < -0.4 is 10.6 Å². The van der Waals surface area contributed by atoms with E-state index in [0.29, 0.717) is 6.04 Å². The summed E-state index contributed by atoms with van der Waals surface area (Å²) in [5.74, 6) is 0. The van der Waals surface area contributed by atoms with E-state index in [4.69, 9.17) is 0 Å². The molecule has 2 atom stereocenters. The topological polar surface area (TPSA) is 24.1 Å². The summed E-state index contributed by atoms with van der Waals surface area (Å²) in [6.45, 7) is 2.17. The highest BCUT2D eigenvalue weighted by Crippen LogP contribution is 2.30. The van der Waals surface area contributed by atoms with Crippen LogP contribution in [0.15, 0.2) is 22.7 Å². The quantitative estimate of drug-likeness (QED) is 0.873. The highest BCUT2D eigenvalue weighted by Gasteiger charge is 2.33. The molecule has 0 radical (unpaired) electrons. The molecule has 3 heteroatoms. The van der Waals surface area contributed by atoms with Crippen molar-refractivity contribution in [3.8, 4) is 0 Å². The molecular weight excluding hydrogens is 276 g/mol. The second-order valence-electron chi connectivity index (χ2n) is 5.41. The molecule has 1 aromatic carbocycles. The van der Waals surface area contributed by atoms with Gasteiger partial charge < -0.3 is 10.6 Å². The smallest absolute Gasteiger partial charge is 0.0372 e. The summed E-state index contributed by atoms with van der Waals surface area (Å²) < 4.78 is 1.16. The monoisotopic (exact) mass is 294 g/mol. The lowest BCUT2D eigenvalue weighted by atomic mass is 9.99. The van der Waals surface area contributed by atoms with Crippen LogP contribution in [0.5, 0.6) is 0 Å². The molecule has 2 fully saturated rings. The summed E-state index contributed by atoms with van der Waals surface area (Å²) in [6, 6.07) is 8.63. The number of hydrogen-bond donors (Lipinski definition) is 2. The molecule has 92 valence electrons. The van der Waals surface area contributed by atoms with Gasteiger partial charge >= 0.3 is 0 Å². The van der Waals surface area contributed by atoms with E-state index in [1.807, 2.05) is 0 Å². The van der Waals surface area contributed by atoms with Crippen LogP contribution in [-0.4, -0.2) is 18.1 Å². The molecule has 17 heavy (non-hydrogen) atoms. The lowest BCUT2D eigenvalue weighted by molar-refractivity contribution is 0.378. The molecule has 0 amide bonds. The van der Waals surface area contributed by atoms with Crippen molar-refractivity contribution < 1.29 is 0 Å². The lowest BCUT2D eigenvalue weighted by Gasteiger charge is -2.31. The van der Waals surface area contributed by atoms with Gasteiger partial charge in [0.2, 0.25) is 0 Å². The summed E-state index contributed by atoms with van der Waals surface area (Å²) in [4.78, 5) is 0. The zero-order chi connectivity index (χ0) is 11.8. The summed E-state index contributed by atoms with van der Waals surface area (Å²) in [7, 11) is 0. The van der Waals surface area contributed by atoms with Crippen LogP contribution in [-0.2, 0) is 0 Å². The molecule has 1 aromatic rings. The van der Waals surface area contributed by atoms with Gasteiger partial charge in [0, 0.05) is 28.3 Å². The number of halogens is 1. The van der Waals surface area contributed by atoms with E-state index in [2.05, 4.69) is 51.7 Å². The zero-order valence-corrected chi connectivity index (χ0v) is 11.8. The number of benzene rings is 1. The highest BCUT2D eigenvalue weighted by atomic mass is 79.9. The molecule has 0 aromatic heterocycles. The van der Waals surface area contributed by atoms with Crippen molar-refractivity contribution >= 4 is 21.6 Å². The van der Waals surface area contributed by atoms with E-state index < -0.39 is 0 Å². The second-order valence-corrected chi connectivity index (χ2v) is 6.33. The summed E-state index contributed by atoms with van der Waals surface area (Å²) in [5, 5.41) is 7.40. The first kappa shape index (κ1) is 11.5. The van der Waals surface area contributed by atoms with Crippen molar-refractivity contribution in [1.29, 1.82) is 0 Å². The molecule has 0 aliphatic carbocycles. The molecule has 2 heterocycles.